The van der Waals surface area contributed by atoms with Crippen LogP contribution in [0.1, 0.15) is 17.7 Å². The highest BCUT2D eigenvalue weighted by atomic mass is 32.1. The largest absolute Gasteiger partial charge is 0.381 e. The summed E-state index contributed by atoms with van der Waals surface area (Å²) < 4.78 is 6.93. The Bertz CT molecular complexity index is 930. The molecule has 3 aromatic heterocycles. The van der Waals surface area contributed by atoms with Gasteiger partial charge in [0, 0.05) is 42.7 Å². The zero-order valence-corrected chi connectivity index (χ0v) is 14.0. The number of anilines is 1. The summed E-state index contributed by atoms with van der Waals surface area (Å²) in [5, 5.41) is 3.32. The van der Waals surface area contributed by atoms with Gasteiger partial charge in [0.05, 0.1) is 11.3 Å². The smallest absolute Gasteiger partial charge is 0.267 e. The predicted molar refractivity (Wildman–Crippen MR) is 92.6 cm³/mol. The number of ether oxygens (including phenoxy) is 1. The number of nitrogens with zero attached hydrogens (tertiary/aromatic N) is 4. The van der Waals surface area contributed by atoms with Crippen LogP contribution in [0, 0.1) is 6.92 Å². The Kier molecular flexibility index (Phi) is 3.99. The molecule has 4 heterocycles. The van der Waals surface area contributed by atoms with E-state index >= 15 is 0 Å². The van der Waals surface area contributed by atoms with Crippen LogP contribution in [-0.2, 0) is 4.74 Å². The average molecular weight is 343 g/mol. The molecule has 0 aromatic carbocycles. The van der Waals surface area contributed by atoms with Gasteiger partial charge in [-0.25, -0.2) is 15.0 Å². The summed E-state index contributed by atoms with van der Waals surface area (Å²) in [5.41, 5.74) is 0.943. The molecule has 1 aliphatic heterocycles. The van der Waals surface area contributed by atoms with Crippen LogP contribution >= 0.6 is 11.3 Å². The molecule has 1 saturated heterocycles. The number of fused-ring (bicyclic) bond motifs is 1. The molecule has 1 aliphatic rings. The highest BCUT2D eigenvalue weighted by Crippen LogP contribution is 2.18. The minimum atomic E-state index is -0.111. The van der Waals surface area contributed by atoms with Gasteiger partial charge >= 0.3 is 0 Å². The van der Waals surface area contributed by atoms with Gasteiger partial charge in [0.1, 0.15) is 0 Å². The molecule has 0 saturated carbocycles. The van der Waals surface area contributed by atoms with Crippen LogP contribution in [0.4, 0.5) is 5.95 Å². The Morgan fingerprint density at radius 3 is 3.00 bits per heavy atom. The fourth-order valence-electron chi connectivity index (χ4n) is 2.77. The molecule has 1 fully saturated rings. The van der Waals surface area contributed by atoms with Gasteiger partial charge in [-0.05, 0) is 25.8 Å². The van der Waals surface area contributed by atoms with Crippen molar-refractivity contribution in [3.8, 4) is 11.3 Å². The third kappa shape index (κ3) is 2.90. The summed E-state index contributed by atoms with van der Waals surface area (Å²) in [5.74, 6) is 0.533. The number of nitrogens with one attached hydrogen (secondary N) is 1. The number of rotatable bonds is 3. The number of hydrogen-bond acceptors (Lipinski definition) is 7. The molecular formula is C16H17N5O2S. The molecule has 124 valence electrons. The molecule has 24 heavy (non-hydrogen) atoms. The van der Waals surface area contributed by atoms with Crippen molar-refractivity contribution in [1.82, 2.24) is 19.4 Å². The normalized spacial score (nSPS) is 15.7. The first-order valence-corrected chi connectivity index (χ1v) is 8.68. The minimum Gasteiger partial charge on any atom is -0.381 e. The Labute approximate surface area is 142 Å². The second kappa shape index (κ2) is 6.29. The van der Waals surface area contributed by atoms with Gasteiger partial charge in [-0.2, -0.15) is 0 Å². The van der Waals surface area contributed by atoms with E-state index in [2.05, 4.69) is 20.3 Å². The Morgan fingerprint density at radius 2 is 2.17 bits per heavy atom. The van der Waals surface area contributed by atoms with Crippen molar-refractivity contribution in [2.24, 2.45) is 0 Å². The fraction of sp³-hybridized carbons (Fsp3) is 0.375. The highest BCUT2D eigenvalue weighted by Gasteiger charge is 2.16. The van der Waals surface area contributed by atoms with Crippen LogP contribution in [-0.4, -0.2) is 38.6 Å². The monoisotopic (exact) mass is 343 g/mol. The van der Waals surface area contributed by atoms with E-state index in [-0.39, 0.29) is 5.56 Å². The van der Waals surface area contributed by atoms with E-state index < -0.39 is 0 Å². The van der Waals surface area contributed by atoms with Crippen molar-refractivity contribution >= 4 is 22.2 Å². The summed E-state index contributed by atoms with van der Waals surface area (Å²) in [6.45, 7) is 3.45. The lowest BCUT2D eigenvalue weighted by atomic mass is 10.1. The van der Waals surface area contributed by atoms with Gasteiger partial charge in [-0.1, -0.05) is 0 Å². The van der Waals surface area contributed by atoms with E-state index in [0.29, 0.717) is 28.2 Å². The maximum Gasteiger partial charge on any atom is 0.267 e. The first kappa shape index (κ1) is 15.2. The van der Waals surface area contributed by atoms with Gasteiger partial charge in [0.15, 0.2) is 4.96 Å². The van der Waals surface area contributed by atoms with Gasteiger partial charge in [0.25, 0.3) is 5.56 Å². The topological polar surface area (TPSA) is 81.4 Å². The van der Waals surface area contributed by atoms with E-state index in [0.717, 1.165) is 30.9 Å². The number of thiazole rings is 1. The van der Waals surface area contributed by atoms with Crippen LogP contribution < -0.4 is 10.9 Å². The summed E-state index contributed by atoms with van der Waals surface area (Å²) in [6.07, 6.45) is 6.92. The molecule has 0 spiro atoms. The molecule has 0 radical (unpaired) electrons. The SMILES string of the molecule is Cc1cn2c(=O)c(-c3ccnc(NC4CCOCC4)n3)cnc2s1. The first-order valence-electron chi connectivity index (χ1n) is 7.86. The molecule has 4 rings (SSSR count). The van der Waals surface area contributed by atoms with Crippen LogP contribution in [0.5, 0.6) is 0 Å². The Hall–Kier alpha value is -2.32. The second-order valence-corrected chi connectivity index (χ2v) is 6.98. The van der Waals surface area contributed by atoms with Crippen molar-refractivity contribution in [2.45, 2.75) is 25.8 Å². The van der Waals surface area contributed by atoms with Gasteiger partial charge in [0.2, 0.25) is 5.95 Å². The van der Waals surface area contributed by atoms with Crippen molar-refractivity contribution in [1.29, 1.82) is 0 Å². The fourth-order valence-corrected chi connectivity index (χ4v) is 3.56. The molecule has 1 N–H and O–H groups in total. The van der Waals surface area contributed by atoms with Crippen molar-refractivity contribution in [3.05, 3.63) is 39.9 Å². The van der Waals surface area contributed by atoms with Crippen molar-refractivity contribution in [3.63, 3.8) is 0 Å². The third-order valence-corrected chi connectivity index (χ3v) is 4.92. The lowest BCUT2D eigenvalue weighted by Crippen LogP contribution is -2.28. The van der Waals surface area contributed by atoms with E-state index in [1.165, 1.54) is 11.3 Å². The Morgan fingerprint density at radius 1 is 1.33 bits per heavy atom. The Balaban J connectivity index is 1.68. The molecule has 0 atom stereocenters. The molecule has 8 heteroatoms. The van der Waals surface area contributed by atoms with Crippen LogP contribution in [0.25, 0.3) is 16.2 Å². The number of hydrogen-bond donors (Lipinski definition) is 1. The maximum atomic E-state index is 12.7. The lowest BCUT2D eigenvalue weighted by molar-refractivity contribution is 0.0903. The zero-order valence-electron chi connectivity index (χ0n) is 13.2. The van der Waals surface area contributed by atoms with Crippen LogP contribution in [0.15, 0.2) is 29.5 Å². The highest BCUT2D eigenvalue weighted by molar-refractivity contribution is 7.16. The summed E-state index contributed by atoms with van der Waals surface area (Å²) in [6, 6.07) is 2.04. The number of aryl methyl sites for hydroxylation is 1. The minimum absolute atomic E-state index is 0.111. The summed E-state index contributed by atoms with van der Waals surface area (Å²) in [7, 11) is 0. The molecule has 7 nitrogen and oxygen atoms in total. The molecule has 0 bridgehead atoms. The standard InChI is InChI=1S/C16H17N5O2S/c1-10-9-21-14(22)12(8-18-16(21)24-10)13-2-5-17-15(20-13)19-11-3-6-23-7-4-11/h2,5,8-9,11H,3-4,6-7H2,1H3,(H,17,19,20). The van der Waals surface area contributed by atoms with E-state index in [1.54, 1.807) is 29.1 Å². The zero-order chi connectivity index (χ0) is 16.5. The van der Waals surface area contributed by atoms with Gasteiger partial charge in [-0.15, -0.1) is 11.3 Å². The van der Waals surface area contributed by atoms with E-state index in [4.69, 9.17) is 4.74 Å². The van der Waals surface area contributed by atoms with Gasteiger partial charge < -0.3 is 10.1 Å². The molecule has 0 unspecified atom stereocenters. The van der Waals surface area contributed by atoms with Crippen molar-refractivity contribution < 1.29 is 4.74 Å². The van der Waals surface area contributed by atoms with Crippen LogP contribution in [0.3, 0.4) is 0 Å². The quantitative estimate of drug-likeness (QED) is 0.784. The predicted octanol–water partition coefficient (Wildman–Crippen LogP) is 2.11. The summed E-state index contributed by atoms with van der Waals surface area (Å²) >= 11 is 1.49. The molecule has 0 aliphatic carbocycles. The summed E-state index contributed by atoms with van der Waals surface area (Å²) in [4.78, 5) is 27.5. The van der Waals surface area contributed by atoms with Crippen LogP contribution in [0.2, 0.25) is 0 Å². The second-order valence-electron chi connectivity index (χ2n) is 5.77. The molecular weight excluding hydrogens is 326 g/mol. The molecule has 0 amide bonds. The average Bonchev–Trinajstić information content (AvgIpc) is 2.98. The third-order valence-electron chi connectivity index (χ3n) is 4.01. The molecule has 3 aromatic rings. The lowest BCUT2D eigenvalue weighted by Gasteiger charge is -2.23. The van der Waals surface area contributed by atoms with E-state index in [1.807, 2.05) is 6.92 Å². The first-order chi connectivity index (χ1) is 11.7. The van der Waals surface area contributed by atoms with Crippen molar-refractivity contribution in [2.75, 3.05) is 18.5 Å². The van der Waals surface area contributed by atoms with E-state index in [9.17, 15) is 4.79 Å². The number of aromatic nitrogens is 4. The maximum absolute atomic E-state index is 12.7. The van der Waals surface area contributed by atoms with Gasteiger partial charge in [-0.3, -0.25) is 9.20 Å².